The fourth-order valence-electron chi connectivity index (χ4n) is 14.2. The Hall–Kier alpha value is -12.4. The molecule has 2 aliphatic rings. The van der Waals surface area contributed by atoms with Crippen molar-refractivity contribution in [1.82, 2.24) is 0 Å². The Balaban J connectivity index is 0.000000384. The molecule has 0 bridgehead atoms. The molecule has 0 amide bonds. The standard InChI is InChI=1S/C15H20O2.C14H16O2.2C14H18O2.C13H10F6O2.C13H16O2.C12H12O2.C11H10Cl2O2/c1-6-14(16)17-11(2)12-9-7-8-10-13(12)15(3,4)5;1-2-13(15)16-14(10-6-7-11-14)12-8-4-3-5-9-12;1-6-13(15)16-12(5)14-10(3)7-9(2)8-11(14)4;1-5-13(15)16-14(10(2)3)12-9-7-6-8-11(12)4;1-3-10(20)21-7(2)11-8(12(14,15)16)5-4-6-9(11)13(17,18)19;1-5-12(14)15-11(4)13-9(2)7-6-8-10(13)3;1-2-11(13)14-12(8-9-12)10-6-4-3-5-7-10;1-3-10(14)15-7(2)11-8(12)5-4-6-9(11)13/h6-11H,1H2,2-5H3;2-5,8-9H,1,6-7,10-11H2;6-8,12H,1H2,2-5H3;5-10,14H,1H2,2-4H3;3-7H,1H2,2H3;5-8,11H,1H2,2-4H3;2-7H,1,8-9H2;3-7H,1H2,2H3. The highest BCUT2D eigenvalue weighted by atomic mass is 35.5. The number of hydrogen-bond donors (Lipinski definition) is 0. The van der Waals surface area contributed by atoms with Gasteiger partial charge in [-0.1, -0.05) is 268 Å². The number of ether oxygens (including phenoxy) is 8. The maximum atomic E-state index is 12.9. The van der Waals surface area contributed by atoms with Crippen LogP contribution in [0.2, 0.25) is 10.0 Å². The molecule has 6 atom stereocenters. The molecule has 10 rings (SSSR count). The zero-order valence-electron chi connectivity index (χ0n) is 76.9. The zero-order chi connectivity index (χ0) is 98.2. The summed E-state index contributed by atoms with van der Waals surface area (Å²) in [7, 11) is 0. The maximum Gasteiger partial charge on any atom is 0.416 e. The predicted molar refractivity (Wildman–Crippen MR) is 500 cm³/mol. The highest BCUT2D eigenvalue weighted by Crippen LogP contribution is 2.50. The fourth-order valence-corrected chi connectivity index (χ4v) is 14.9. The molecule has 2 aliphatic carbocycles. The lowest BCUT2D eigenvalue weighted by Crippen LogP contribution is -2.28. The Morgan fingerprint density at radius 2 is 0.623 bits per heavy atom. The average molecular weight is 1840 g/mol. The van der Waals surface area contributed by atoms with E-state index in [1.807, 2.05) is 191 Å². The summed E-state index contributed by atoms with van der Waals surface area (Å²) < 4.78 is 119. The minimum absolute atomic E-state index is 0.0332. The quantitative estimate of drug-likeness (QED) is 0.0225. The molecular weight excluding hydrogens is 1710 g/mol. The molecule has 0 spiro atoms. The van der Waals surface area contributed by atoms with Gasteiger partial charge in [0.25, 0.3) is 0 Å². The van der Waals surface area contributed by atoms with Crippen molar-refractivity contribution in [2.24, 2.45) is 5.92 Å². The van der Waals surface area contributed by atoms with Gasteiger partial charge in [-0.15, -0.1) is 0 Å². The molecule has 6 unspecified atom stereocenters. The van der Waals surface area contributed by atoms with Crippen molar-refractivity contribution in [2.45, 2.75) is 215 Å². The van der Waals surface area contributed by atoms with Gasteiger partial charge in [0.15, 0.2) is 0 Å². The van der Waals surface area contributed by atoms with Crippen LogP contribution in [0.15, 0.2) is 277 Å². The lowest BCUT2D eigenvalue weighted by atomic mass is 9.82. The summed E-state index contributed by atoms with van der Waals surface area (Å²) in [6.45, 7) is 57.7. The number of hydrogen-bond acceptors (Lipinski definition) is 16. The minimum atomic E-state index is -5.01. The van der Waals surface area contributed by atoms with Gasteiger partial charge in [0.05, 0.1) is 11.1 Å². The number of rotatable bonds is 25. The summed E-state index contributed by atoms with van der Waals surface area (Å²) in [6.07, 6.45) is 1.69. The monoisotopic (exact) mass is 1830 g/mol. The number of alkyl halides is 6. The van der Waals surface area contributed by atoms with E-state index in [1.165, 1.54) is 47.6 Å². The molecule has 16 nitrogen and oxygen atoms in total. The van der Waals surface area contributed by atoms with Crippen molar-refractivity contribution in [3.63, 3.8) is 0 Å². The van der Waals surface area contributed by atoms with Crippen LogP contribution >= 0.6 is 23.2 Å². The molecule has 0 N–H and O–H groups in total. The van der Waals surface area contributed by atoms with Crippen LogP contribution in [0.1, 0.15) is 239 Å². The van der Waals surface area contributed by atoms with Gasteiger partial charge < -0.3 is 37.9 Å². The topological polar surface area (TPSA) is 210 Å². The molecule has 0 aliphatic heterocycles. The summed E-state index contributed by atoms with van der Waals surface area (Å²) in [5.41, 5.74) is 10.3. The van der Waals surface area contributed by atoms with Crippen molar-refractivity contribution in [2.75, 3.05) is 0 Å². The Bertz CT molecular complexity index is 5020. The summed E-state index contributed by atoms with van der Waals surface area (Å²) in [5, 5.41) is 0.957. The molecular formula is C106H120Cl2F6O16. The van der Waals surface area contributed by atoms with E-state index < -0.39 is 58.8 Å². The molecule has 24 heteroatoms. The summed E-state index contributed by atoms with van der Waals surface area (Å²) in [5.74, 6) is -3.58. The molecule has 696 valence electrons. The van der Waals surface area contributed by atoms with Crippen LogP contribution in [-0.2, 0) is 105 Å². The Morgan fingerprint density at radius 1 is 0.331 bits per heavy atom. The van der Waals surface area contributed by atoms with Crippen molar-refractivity contribution in [3.8, 4) is 0 Å². The van der Waals surface area contributed by atoms with Gasteiger partial charge in [0.1, 0.15) is 47.8 Å². The van der Waals surface area contributed by atoms with Crippen LogP contribution < -0.4 is 0 Å². The van der Waals surface area contributed by atoms with Crippen LogP contribution in [0, 0.1) is 47.5 Å². The molecule has 130 heavy (non-hydrogen) atoms. The third-order valence-electron chi connectivity index (χ3n) is 20.3. The summed E-state index contributed by atoms with van der Waals surface area (Å²) in [4.78, 5) is 89.2. The van der Waals surface area contributed by atoms with Crippen LogP contribution in [0.5, 0.6) is 0 Å². The van der Waals surface area contributed by atoms with Gasteiger partial charge in [0.2, 0.25) is 0 Å². The first-order valence-corrected chi connectivity index (χ1v) is 42.6. The van der Waals surface area contributed by atoms with E-state index in [9.17, 15) is 64.7 Å². The Labute approximate surface area is 771 Å². The largest absolute Gasteiger partial charge is 0.455 e. The molecule has 0 aromatic heterocycles. The lowest BCUT2D eigenvalue weighted by molar-refractivity contribution is -0.154. The molecule has 8 aromatic rings. The van der Waals surface area contributed by atoms with Gasteiger partial charge in [0, 0.05) is 69.8 Å². The number of aryl methyl sites for hydroxylation is 6. The van der Waals surface area contributed by atoms with E-state index in [1.54, 1.807) is 25.1 Å². The van der Waals surface area contributed by atoms with E-state index in [2.05, 4.69) is 103 Å². The smallest absolute Gasteiger partial charge is 0.416 e. The Kier molecular flexibility index (Phi) is 46.0. The van der Waals surface area contributed by atoms with Gasteiger partial charge in [-0.25, -0.2) is 38.4 Å². The normalized spacial score (nSPS) is 13.7. The number of carbonyl (C=O) groups excluding carboxylic acids is 8. The van der Waals surface area contributed by atoms with Crippen molar-refractivity contribution in [3.05, 3.63) is 382 Å². The van der Waals surface area contributed by atoms with E-state index >= 15 is 0 Å². The number of esters is 8. The van der Waals surface area contributed by atoms with E-state index in [4.69, 9.17) is 56.4 Å². The second kappa shape index (κ2) is 53.5. The number of halogens is 8. The van der Waals surface area contributed by atoms with E-state index in [0.717, 1.165) is 113 Å². The van der Waals surface area contributed by atoms with Gasteiger partial charge in [-0.05, 0) is 217 Å². The van der Waals surface area contributed by atoms with Crippen LogP contribution in [-0.4, -0.2) is 47.8 Å². The first kappa shape index (κ1) is 112. The van der Waals surface area contributed by atoms with Crippen LogP contribution in [0.4, 0.5) is 26.3 Å². The zero-order valence-corrected chi connectivity index (χ0v) is 78.4. The summed E-state index contributed by atoms with van der Waals surface area (Å²) >= 11 is 11.9. The average Bonchev–Trinajstić information content (AvgIpc) is 1.48. The molecule has 2 fully saturated rings. The predicted octanol–water partition coefficient (Wildman–Crippen LogP) is 27.6. The third kappa shape index (κ3) is 35.9. The third-order valence-corrected chi connectivity index (χ3v) is 20.9. The Morgan fingerprint density at radius 3 is 0.977 bits per heavy atom. The molecule has 0 saturated heterocycles. The van der Waals surface area contributed by atoms with Gasteiger partial charge >= 0.3 is 60.1 Å². The number of benzene rings is 8. The minimum Gasteiger partial charge on any atom is -0.455 e. The lowest BCUT2D eigenvalue weighted by Gasteiger charge is -2.29. The fraction of sp³-hybridized carbons (Fsp3) is 0.321. The van der Waals surface area contributed by atoms with E-state index in [0.29, 0.717) is 39.9 Å². The van der Waals surface area contributed by atoms with Crippen molar-refractivity contribution in [1.29, 1.82) is 0 Å². The van der Waals surface area contributed by atoms with Gasteiger partial charge in [-0.3, -0.25) is 0 Å². The molecule has 2 saturated carbocycles. The molecule has 0 heterocycles. The SMILES string of the molecule is C=CC(=O)OC(C)c1c(C(F)(F)F)cccc1C(F)(F)F.C=CC(=O)OC(C)c1c(C)cc(C)cc1C.C=CC(=O)OC(C)c1c(C)cccc1C.C=CC(=O)OC(C)c1c(Cl)cccc1Cl.C=CC(=O)OC(C)c1ccccc1C(C)(C)C.C=CC(=O)OC(c1ccccc1C)C(C)C.C=CC(=O)OC1(c2ccccc2)CC1.C=CC(=O)OC1(c2ccccc2)CCCC1. The first-order chi connectivity index (χ1) is 61.0. The maximum absolute atomic E-state index is 12.9. The highest BCUT2D eigenvalue weighted by Gasteiger charge is 2.48. The van der Waals surface area contributed by atoms with Gasteiger partial charge in [-0.2, -0.15) is 26.3 Å². The first-order valence-electron chi connectivity index (χ1n) is 41.8. The molecule has 0 radical (unpaired) electrons. The second-order valence-electron chi connectivity index (χ2n) is 31.6. The van der Waals surface area contributed by atoms with Crippen LogP contribution in [0.3, 0.4) is 0 Å². The highest BCUT2D eigenvalue weighted by molar-refractivity contribution is 6.36. The van der Waals surface area contributed by atoms with Crippen LogP contribution in [0.25, 0.3) is 0 Å². The second-order valence-corrected chi connectivity index (χ2v) is 32.4. The summed E-state index contributed by atoms with van der Waals surface area (Å²) in [6, 6.07) is 52.8. The van der Waals surface area contributed by atoms with Crippen molar-refractivity contribution < 1.29 is 103 Å². The van der Waals surface area contributed by atoms with Crippen molar-refractivity contribution >= 4 is 71.0 Å². The molecule has 8 aromatic carbocycles. The van der Waals surface area contributed by atoms with E-state index in [-0.39, 0.29) is 77.2 Å². The number of carbonyl (C=O) groups is 8.